The molecule has 0 spiro atoms. The fourth-order valence-corrected chi connectivity index (χ4v) is 3.83. The van der Waals surface area contributed by atoms with Gasteiger partial charge >= 0.3 is 0 Å². The summed E-state index contributed by atoms with van der Waals surface area (Å²) in [5, 5.41) is 9.68. The fraction of sp³-hybridized carbons (Fsp3) is 0.211. The van der Waals surface area contributed by atoms with E-state index >= 15 is 0 Å². The Bertz CT molecular complexity index is 1090. The Kier molecular flexibility index (Phi) is 5.57. The predicted molar refractivity (Wildman–Crippen MR) is 106 cm³/mol. The molecule has 0 atom stereocenters. The van der Waals surface area contributed by atoms with Crippen molar-refractivity contribution < 1.29 is 13.2 Å². The predicted octanol–water partition coefficient (Wildman–Crippen LogP) is 2.72. The van der Waals surface area contributed by atoms with Crippen LogP contribution in [0, 0.1) is 6.92 Å². The summed E-state index contributed by atoms with van der Waals surface area (Å²) in [6, 6.07) is 12.7. The van der Waals surface area contributed by atoms with Crippen LogP contribution in [0.25, 0.3) is 11.4 Å². The van der Waals surface area contributed by atoms with E-state index in [2.05, 4.69) is 25.2 Å². The van der Waals surface area contributed by atoms with Crippen molar-refractivity contribution in [3.8, 4) is 11.4 Å². The molecule has 9 heteroatoms. The van der Waals surface area contributed by atoms with Crippen LogP contribution in [0.15, 0.2) is 53.4 Å². The molecule has 1 amide bonds. The molecular formula is C19H21N5O3S. The normalized spacial score (nSPS) is 11.6. The zero-order chi connectivity index (χ0) is 20.3. The first kappa shape index (κ1) is 19.7. The lowest BCUT2D eigenvalue weighted by atomic mass is 10.1. The van der Waals surface area contributed by atoms with Crippen LogP contribution in [0.5, 0.6) is 0 Å². The summed E-state index contributed by atoms with van der Waals surface area (Å²) < 4.78 is 26.8. The van der Waals surface area contributed by atoms with Crippen LogP contribution in [-0.4, -0.2) is 35.5 Å². The number of aromatic nitrogens is 3. The van der Waals surface area contributed by atoms with Gasteiger partial charge in [-0.3, -0.25) is 9.89 Å². The third kappa shape index (κ3) is 4.62. The van der Waals surface area contributed by atoms with Gasteiger partial charge in [-0.05, 0) is 57.2 Å². The molecule has 8 nitrogen and oxygen atoms in total. The Morgan fingerprint density at radius 3 is 2.43 bits per heavy atom. The number of rotatable bonds is 6. The van der Waals surface area contributed by atoms with Crippen molar-refractivity contribution in [3.63, 3.8) is 0 Å². The molecule has 0 saturated heterocycles. The van der Waals surface area contributed by atoms with Gasteiger partial charge in [-0.25, -0.2) is 18.1 Å². The van der Waals surface area contributed by atoms with Crippen LogP contribution in [0.4, 0.5) is 5.69 Å². The molecule has 0 unspecified atom stereocenters. The number of amides is 1. The van der Waals surface area contributed by atoms with Gasteiger partial charge in [-0.2, -0.15) is 5.10 Å². The lowest BCUT2D eigenvalue weighted by Crippen LogP contribution is -2.30. The molecule has 3 rings (SSSR count). The van der Waals surface area contributed by atoms with Crippen LogP contribution in [0.2, 0.25) is 0 Å². The van der Waals surface area contributed by atoms with E-state index in [0.717, 1.165) is 5.56 Å². The second kappa shape index (κ2) is 7.91. The minimum atomic E-state index is -3.59. The highest BCUT2D eigenvalue weighted by molar-refractivity contribution is 7.89. The number of H-pyrrole nitrogens is 1. The van der Waals surface area contributed by atoms with Gasteiger partial charge in [0, 0.05) is 22.9 Å². The van der Waals surface area contributed by atoms with Gasteiger partial charge in [0.1, 0.15) is 5.82 Å². The van der Waals surface area contributed by atoms with Gasteiger partial charge in [0.05, 0.1) is 4.90 Å². The van der Waals surface area contributed by atoms with Crippen LogP contribution >= 0.6 is 0 Å². The van der Waals surface area contributed by atoms with E-state index in [9.17, 15) is 13.2 Å². The Labute approximate surface area is 163 Å². The average Bonchev–Trinajstić information content (AvgIpc) is 3.07. The van der Waals surface area contributed by atoms with E-state index in [1.54, 1.807) is 32.0 Å². The maximum atomic E-state index is 12.5. The van der Waals surface area contributed by atoms with Crippen LogP contribution in [0.3, 0.4) is 0 Å². The van der Waals surface area contributed by atoms with Gasteiger partial charge in [0.2, 0.25) is 10.0 Å². The summed E-state index contributed by atoms with van der Waals surface area (Å²) in [5.74, 6) is 0.899. The standard InChI is InChI=1S/C19H21N5O3S/c1-12(2)24-28(26,27)17-9-7-14(8-10-17)19(25)21-16-6-4-5-15(11-16)18-20-13(3)22-23-18/h4-12,24H,1-3H3,(H,21,25)(H,20,22,23). The monoisotopic (exact) mass is 399 g/mol. The minimum absolute atomic E-state index is 0.111. The number of anilines is 1. The molecule has 3 aromatic rings. The number of nitrogens with one attached hydrogen (secondary N) is 3. The maximum Gasteiger partial charge on any atom is 0.255 e. The van der Waals surface area contributed by atoms with Crippen molar-refractivity contribution >= 4 is 21.6 Å². The first-order valence-corrected chi connectivity index (χ1v) is 10.2. The van der Waals surface area contributed by atoms with Gasteiger partial charge in [0.25, 0.3) is 5.91 Å². The topological polar surface area (TPSA) is 117 Å². The average molecular weight is 399 g/mol. The molecule has 0 aliphatic rings. The van der Waals surface area contributed by atoms with Crippen molar-refractivity contribution in [1.29, 1.82) is 0 Å². The molecule has 0 radical (unpaired) electrons. The second-order valence-electron chi connectivity index (χ2n) is 6.58. The summed E-state index contributed by atoms with van der Waals surface area (Å²) in [7, 11) is -3.59. The zero-order valence-electron chi connectivity index (χ0n) is 15.7. The van der Waals surface area contributed by atoms with E-state index in [0.29, 0.717) is 22.9 Å². The van der Waals surface area contributed by atoms with E-state index in [4.69, 9.17) is 0 Å². The van der Waals surface area contributed by atoms with Crippen molar-refractivity contribution in [2.45, 2.75) is 31.7 Å². The highest BCUT2D eigenvalue weighted by Gasteiger charge is 2.16. The second-order valence-corrected chi connectivity index (χ2v) is 8.29. The lowest BCUT2D eigenvalue weighted by molar-refractivity contribution is 0.102. The third-order valence-electron chi connectivity index (χ3n) is 3.79. The number of sulfonamides is 1. The molecule has 1 heterocycles. The summed E-state index contributed by atoms with van der Waals surface area (Å²) in [5.41, 5.74) is 1.70. The number of benzene rings is 2. The van der Waals surface area contributed by atoms with E-state index in [-0.39, 0.29) is 16.8 Å². The Morgan fingerprint density at radius 1 is 1.11 bits per heavy atom. The molecule has 1 aromatic heterocycles. The number of aromatic amines is 1. The first-order chi connectivity index (χ1) is 13.2. The molecule has 3 N–H and O–H groups in total. The first-order valence-electron chi connectivity index (χ1n) is 8.68. The van der Waals surface area contributed by atoms with Crippen molar-refractivity contribution in [2.24, 2.45) is 0 Å². The SMILES string of the molecule is Cc1nc(-c2cccc(NC(=O)c3ccc(S(=O)(=O)NC(C)C)cc3)c2)n[nH]1. The lowest BCUT2D eigenvalue weighted by Gasteiger charge is -2.10. The summed E-state index contributed by atoms with van der Waals surface area (Å²) in [6.45, 7) is 5.29. The number of carbonyl (C=O) groups is 1. The number of carbonyl (C=O) groups excluding carboxylic acids is 1. The molecule has 146 valence electrons. The molecule has 0 aliphatic carbocycles. The van der Waals surface area contributed by atoms with Gasteiger partial charge in [0.15, 0.2) is 5.82 Å². The number of hydrogen-bond acceptors (Lipinski definition) is 5. The smallest absolute Gasteiger partial charge is 0.255 e. The van der Waals surface area contributed by atoms with E-state index < -0.39 is 10.0 Å². The quantitative estimate of drug-likeness (QED) is 0.589. The van der Waals surface area contributed by atoms with Gasteiger partial charge in [-0.1, -0.05) is 12.1 Å². The number of nitrogens with zero attached hydrogens (tertiary/aromatic N) is 2. The highest BCUT2D eigenvalue weighted by Crippen LogP contribution is 2.20. The fourth-order valence-electron chi connectivity index (χ4n) is 2.57. The van der Waals surface area contributed by atoms with Crippen molar-refractivity contribution in [2.75, 3.05) is 5.32 Å². The van der Waals surface area contributed by atoms with Crippen molar-refractivity contribution in [3.05, 3.63) is 59.9 Å². The van der Waals surface area contributed by atoms with E-state index in [1.807, 2.05) is 13.0 Å². The third-order valence-corrected chi connectivity index (χ3v) is 5.47. The van der Waals surface area contributed by atoms with Gasteiger partial charge in [-0.15, -0.1) is 0 Å². The Hall–Kier alpha value is -3.04. The molecule has 0 fully saturated rings. The van der Waals surface area contributed by atoms with Crippen LogP contribution in [-0.2, 0) is 10.0 Å². The van der Waals surface area contributed by atoms with Crippen LogP contribution in [0.1, 0.15) is 30.0 Å². The van der Waals surface area contributed by atoms with Crippen LogP contribution < -0.4 is 10.0 Å². The molecule has 0 saturated carbocycles. The maximum absolute atomic E-state index is 12.5. The summed E-state index contributed by atoms with van der Waals surface area (Å²) >= 11 is 0. The van der Waals surface area contributed by atoms with E-state index in [1.165, 1.54) is 24.3 Å². The van der Waals surface area contributed by atoms with Gasteiger partial charge < -0.3 is 5.32 Å². The molecule has 0 aliphatic heterocycles. The number of hydrogen-bond donors (Lipinski definition) is 3. The summed E-state index contributed by atoms with van der Waals surface area (Å²) in [4.78, 5) is 16.9. The summed E-state index contributed by atoms with van der Waals surface area (Å²) in [6.07, 6.45) is 0. The Morgan fingerprint density at radius 2 is 1.82 bits per heavy atom. The minimum Gasteiger partial charge on any atom is -0.322 e. The molecule has 2 aromatic carbocycles. The van der Waals surface area contributed by atoms with Crippen molar-refractivity contribution in [1.82, 2.24) is 19.9 Å². The number of aryl methyl sites for hydroxylation is 1. The largest absolute Gasteiger partial charge is 0.322 e. The Balaban J connectivity index is 1.75. The molecular weight excluding hydrogens is 378 g/mol. The zero-order valence-corrected chi connectivity index (χ0v) is 16.5. The molecule has 28 heavy (non-hydrogen) atoms. The highest BCUT2D eigenvalue weighted by atomic mass is 32.2. The molecule has 0 bridgehead atoms.